The predicted molar refractivity (Wildman–Crippen MR) is 70.4 cm³/mol. The lowest BCUT2D eigenvalue weighted by Gasteiger charge is -2.41. The van der Waals surface area contributed by atoms with Crippen LogP contribution in [0.15, 0.2) is 36.0 Å². The highest BCUT2D eigenvalue weighted by Gasteiger charge is 2.33. The minimum atomic E-state index is 0.417. The highest BCUT2D eigenvalue weighted by atomic mass is 15.1. The zero-order chi connectivity index (χ0) is 11.6. The van der Waals surface area contributed by atoms with Crippen molar-refractivity contribution in [1.82, 2.24) is 4.90 Å². The lowest BCUT2D eigenvalue weighted by molar-refractivity contribution is 0.166. The van der Waals surface area contributed by atoms with Crippen molar-refractivity contribution in [2.24, 2.45) is 5.41 Å². The standard InChI is InChI=1S/C15H23N/c1-4-13-7-5-6-8-14(13)15(2)9-11-16(3)12-10-15/h4-5,7H,1,6,8-12H2,2-3H3. The third-order valence-electron chi connectivity index (χ3n) is 4.25. The Morgan fingerprint density at radius 2 is 2.06 bits per heavy atom. The first-order chi connectivity index (χ1) is 7.65. The van der Waals surface area contributed by atoms with Crippen LogP contribution in [0.2, 0.25) is 0 Å². The Morgan fingerprint density at radius 3 is 2.69 bits per heavy atom. The molecule has 1 saturated heterocycles. The molecular formula is C15H23N. The Kier molecular flexibility index (Phi) is 3.34. The molecule has 16 heavy (non-hydrogen) atoms. The summed E-state index contributed by atoms with van der Waals surface area (Å²) in [6.07, 6.45) is 11.6. The second-order valence-corrected chi connectivity index (χ2v) is 5.44. The molecule has 1 fully saturated rings. The van der Waals surface area contributed by atoms with Gasteiger partial charge in [0.25, 0.3) is 0 Å². The van der Waals surface area contributed by atoms with Crippen molar-refractivity contribution in [3.63, 3.8) is 0 Å². The summed E-state index contributed by atoms with van der Waals surface area (Å²) in [7, 11) is 2.23. The van der Waals surface area contributed by atoms with Crippen LogP contribution in [0.25, 0.3) is 0 Å². The Balaban J connectivity index is 2.25. The number of hydrogen-bond acceptors (Lipinski definition) is 1. The molecule has 1 aliphatic carbocycles. The maximum absolute atomic E-state index is 3.96. The molecule has 0 amide bonds. The molecular weight excluding hydrogens is 194 g/mol. The lowest BCUT2D eigenvalue weighted by Crippen LogP contribution is -2.37. The molecule has 2 rings (SSSR count). The Hall–Kier alpha value is -0.820. The quantitative estimate of drug-likeness (QED) is 0.683. The maximum Gasteiger partial charge on any atom is -0.00135 e. The summed E-state index contributed by atoms with van der Waals surface area (Å²) >= 11 is 0. The van der Waals surface area contributed by atoms with Gasteiger partial charge in [-0.15, -0.1) is 0 Å². The summed E-state index contributed by atoms with van der Waals surface area (Å²) in [5.74, 6) is 0. The van der Waals surface area contributed by atoms with Crippen LogP contribution in [0.1, 0.15) is 32.6 Å². The third kappa shape index (κ3) is 2.15. The molecule has 0 aromatic carbocycles. The van der Waals surface area contributed by atoms with E-state index in [1.54, 1.807) is 5.57 Å². The van der Waals surface area contributed by atoms with Crippen LogP contribution in [0.5, 0.6) is 0 Å². The molecule has 0 atom stereocenters. The average molecular weight is 217 g/mol. The summed E-state index contributed by atoms with van der Waals surface area (Å²) in [4.78, 5) is 2.44. The van der Waals surface area contributed by atoms with Gasteiger partial charge in [-0.25, -0.2) is 0 Å². The van der Waals surface area contributed by atoms with Gasteiger partial charge in [0.15, 0.2) is 0 Å². The molecule has 1 nitrogen and oxygen atoms in total. The number of rotatable bonds is 2. The Labute approximate surface area is 99.5 Å². The minimum absolute atomic E-state index is 0.417. The van der Waals surface area contributed by atoms with Gasteiger partial charge in [-0.1, -0.05) is 37.3 Å². The number of likely N-dealkylation sites (tertiary alicyclic amines) is 1. The molecule has 0 aromatic heterocycles. The zero-order valence-corrected chi connectivity index (χ0v) is 10.6. The van der Waals surface area contributed by atoms with E-state index in [2.05, 4.69) is 37.6 Å². The molecule has 2 aliphatic rings. The van der Waals surface area contributed by atoms with Crippen molar-refractivity contribution < 1.29 is 0 Å². The van der Waals surface area contributed by atoms with E-state index in [1.165, 1.54) is 44.3 Å². The van der Waals surface area contributed by atoms with Gasteiger partial charge in [0.1, 0.15) is 0 Å². The van der Waals surface area contributed by atoms with E-state index in [0.29, 0.717) is 5.41 Å². The highest BCUT2D eigenvalue weighted by molar-refractivity contribution is 5.40. The highest BCUT2D eigenvalue weighted by Crippen LogP contribution is 2.43. The van der Waals surface area contributed by atoms with Crippen molar-refractivity contribution in [2.75, 3.05) is 20.1 Å². The van der Waals surface area contributed by atoms with Gasteiger partial charge >= 0.3 is 0 Å². The summed E-state index contributed by atoms with van der Waals surface area (Å²) in [6.45, 7) is 8.86. The fourth-order valence-corrected chi connectivity index (χ4v) is 2.94. The number of piperidine rings is 1. The van der Waals surface area contributed by atoms with Crippen molar-refractivity contribution in [1.29, 1.82) is 0 Å². The second kappa shape index (κ2) is 4.58. The molecule has 0 spiro atoms. The zero-order valence-electron chi connectivity index (χ0n) is 10.6. The van der Waals surface area contributed by atoms with Crippen molar-refractivity contribution in [3.05, 3.63) is 36.0 Å². The van der Waals surface area contributed by atoms with Gasteiger partial charge in [0, 0.05) is 0 Å². The molecule has 1 aliphatic heterocycles. The van der Waals surface area contributed by atoms with Crippen LogP contribution in [-0.4, -0.2) is 25.0 Å². The minimum Gasteiger partial charge on any atom is -0.306 e. The molecule has 1 heteroatoms. The fraction of sp³-hybridized carbons (Fsp3) is 0.600. The largest absolute Gasteiger partial charge is 0.306 e. The van der Waals surface area contributed by atoms with Gasteiger partial charge in [-0.3, -0.25) is 0 Å². The van der Waals surface area contributed by atoms with Gasteiger partial charge in [-0.2, -0.15) is 0 Å². The van der Waals surface area contributed by atoms with E-state index >= 15 is 0 Å². The van der Waals surface area contributed by atoms with Gasteiger partial charge in [0.2, 0.25) is 0 Å². The van der Waals surface area contributed by atoms with Crippen LogP contribution in [0.3, 0.4) is 0 Å². The number of nitrogens with zero attached hydrogens (tertiary/aromatic N) is 1. The summed E-state index contributed by atoms with van der Waals surface area (Å²) in [5.41, 5.74) is 3.46. The topological polar surface area (TPSA) is 3.24 Å². The fourth-order valence-electron chi connectivity index (χ4n) is 2.94. The molecule has 0 aromatic rings. The van der Waals surface area contributed by atoms with Gasteiger partial charge in [0.05, 0.1) is 0 Å². The molecule has 0 unspecified atom stereocenters. The van der Waals surface area contributed by atoms with E-state index in [9.17, 15) is 0 Å². The average Bonchev–Trinajstić information content (AvgIpc) is 2.33. The van der Waals surface area contributed by atoms with E-state index < -0.39 is 0 Å². The molecule has 0 radical (unpaired) electrons. The van der Waals surface area contributed by atoms with Gasteiger partial charge < -0.3 is 4.90 Å². The normalized spacial score (nSPS) is 25.9. The molecule has 88 valence electrons. The smallest absolute Gasteiger partial charge is 0.00135 e. The van der Waals surface area contributed by atoms with Crippen molar-refractivity contribution in [2.45, 2.75) is 32.6 Å². The van der Waals surface area contributed by atoms with E-state index in [4.69, 9.17) is 0 Å². The monoisotopic (exact) mass is 217 g/mol. The second-order valence-electron chi connectivity index (χ2n) is 5.44. The third-order valence-corrected chi connectivity index (χ3v) is 4.25. The molecule has 0 saturated carbocycles. The SMILES string of the molecule is C=CC1=C(C2(C)CCN(C)CC2)CCC=C1. The van der Waals surface area contributed by atoms with Crippen LogP contribution >= 0.6 is 0 Å². The molecule has 0 bridgehead atoms. The summed E-state index contributed by atoms with van der Waals surface area (Å²) in [6, 6.07) is 0. The van der Waals surface area contributed by atoms with Crippen LogP contribution in [0.4, 0.5) is 0 Å². The van der Waals surface area contributed by atoms with E-state index in [1.807, 2.05) is 6.08 Å². The van der Waals surface area contributed by atoms with Crippen LogP contribution in [0, 0.1) is 5.41 Å². The first-order valence-corrected chi connectivity index (χ1v) is 6.37. The van der Waals surface area contributed by atoms with Crippen molar-refractivity contribution in [3.8, 4) is 0 Å². The number of allylic oxidation sites excluding steroid dienone is 5. The van der Waals surface area contributed by atoms with Gasteiger partial charge in [-0.05, 0) is 56.8 Å². The summed E-state index contributed by atoms with van der Waals surface area (Å²) in [5, 5.41) is 0. The first kappa shape index (κ1) is 11.7. The van der Waals surface area contributed by atoms with E-state index in [0.717, 1.165) is 0 Å². The lowest BCUT2D eigenvalue weighted by atomic mass is 9.70. The Bertz CT molecular complexity index is 327. The molecule has 1 heterocycles. The van der Waals surface area contributed by atoms with Crippen LogP contribution < -0.4 is 0 Å². The molecule has 0 N–H and O–H groups in total. The van der Waals surface area contributed by atoms with Crippen LogP contribution in [-0.2, 0) is 0 Å². The maximum atomic E-state index is 3.96. The Morgan fingerprint density at radius 1 is 1.38 bits per heavy atom. The van der Waals surface area contributed by atoms with E-state index in [-0.39, 0.29) is 0 Å². The van der Waals surface area contributed by atoms with Crippen molar-refractivity contribution >= 4 is 0 Å². The first-order valence-electron chi connectivity index (χ1n) is 6.37. The number of hydrogen-bond donors (Lipinski definition) is 0. The summed E-state index contributed by atoms with van der Waals surface area (Å²) < 4.78 is 0. The predicted octanol–water partition coefficient (Wildman–Crippen LogP) is 3.55.